The van der Waals surface area contributed by atoms with E-state index in [-0.39, 0.29) is 17.3 Å². The summed E-state index contributed by atoms with van der Waals surface area (Å²) in [6.07, 6.45) is 1.60. The summed E-state index contributed by atoms with van der Waals surface area (Å²) in [5.41, 5.74) is 2.59. The summed E-state index contributed by atoms with van der Waals surface area (Å²) in [5, 5.41) is 0.757. The van der Waals surface area contributed by atoms with Crippen molar-refractivity contribution in [3.8, 4) is 0 Å². The van der Waals surface area contributed by atoms with Crippen LogP contribution in [0.3, 0.4) is 0 Å². The maximum Gasteiger partial charge on any atom is 0.243 e. The predicted octanol–water partition coefficient (Wildman–Crippen LogP) is 3.42. The van der Waals surface area contributed by atoms with E-state index in [1.54, 1.807) is 30.1 Å². The second kappa shape index (κ2) is 7.27. The highest BCUT2D eigenvalue weighted by molar-refractivity contribution is 7.89. The zero-order valence-electron chi connectivity index (χ0n) is 15.8. The molecule has 0 N–H and O–H groups in total. The first-order valence-corrected chi connectivity index (χ1v) is 11.3. The van der Waals surface area contributed by atoms with Crippen LogP contribution in [0.15, 0.2) is 47.4 Å². The molecule has 0 aliphatic carbocycles. The van der Waals surface area contributed by atoms with Gasteiger partial charge in [0.15, 0.2) is 0 Å². The summed E-state index contributed by atoms with van der Waals surface area (Å²) in [5.74, 6) is -0.0236. The van der Waals surface area contributed by atoms with Gasteiger partial charge >= 0.3 is 0 Å². The number of hydrogen-bond donors (Lipinski definition) is 0. The number of aromatic nitrogens is 1. The Morgan fingerprint density at radius 3 is 2.79 bits per heavy atom. The summed E-state index contributed by atoms with van der Waals surface area (Å²) >= 11 is 1.50. The number of carbonyl (C=O) groups is 1. The van der Waals surface area contributed by atoms with E-state index in [4.69, 9.17) is 0 Å². The van der Waals surface area contributed by atoms with Crippen LogP contribution in [-0.2, 0) is 27.8 Å². The first kappa shape index (κ1) is 19.0. The molecule has 8 heteroatoms. The number of hydrogen-bond acceptors (Lipinski definition) is 5. The van der Waals surface area contributed by atoms with Gasteiger partial charge in [-0.3, -0.25) is 4.79 Å². The van der Waals surface area contributed by atoms with Gasteiger partial charge in [-0.25, -0.2) is 13.4 Å². The van der Waals surface area contributed by atoms with Gasteiger partial charge in [0.05, 0.1) is 21.7 Å². The van der Waals surface area contributed by atoms with E-state index < -0.39 is 10.0 Å². The van der Waals surface area contributed by atoms with E-state index in [1.165, 1.54) is 22.6 Å². The minimum Gasteiger partial charge on any atom is -0.312 e. The fraction of sp³-hybridized carbons (Fsp3) is 0.300. The Labute approximate surface area is 168 Å². The number of nitrogens with zero attached hydrogens (tertiary/aromatic N) is 3. The van der Waals surface area contributed by atoms with Crippen molar-refractivity contribution >= 4 is 43.2 Å². The lowest BCUT2D eigenvalue weighted by molar-refractivity contribution is -0.116. The van der Waals surface area contributed by atoms with Gasteiger partial charge in [-0.15, -0.1) is 11.3 Å². The molecule has 0 spiro atoms. The summed E-state index contributed by atoms with van der Waals surface area (Å²) in [6, 6.07) is 12.8. The molecular weight excluding hydrogens is 394 g/mol. The maximum absolute atomic E-state index is 13.1. The van der Waals surface area contributed by atoms with Crippen molar-refractivity contribution in [2.24, 2.45) is 0 Å². The number of anilines is 1. The molecule has 3 aromatic rings. The van der Waals surface area contributed by atoms with Crippen LogP contribution in [0.4, 0.5) is 5.69 Å². The third kappa shape index (κ3) is 3.43. The molecular formula is C20H21N3O3S2. The molecule has 28 heavy (non-hydrogen) atoms. The van der Waals surface area contributed by atoms with Crippen molar-refractivity contribution < 1.29 is 13.2 Å². The van der Waals surface area contributed by atoms with Crippen LogP contribution in [0.2, 0.25) is 0 Å². The average molecular weight is 416 g/mol. The zero-order chi connectivity index (χ0) is 19.9. The highest BCUT2D eigenvalue weighted by Gasteiger charge is 2.26. The molecule has 1 aliphatic heterocycles. The molecule has 0 radical (unpaired) electrons. The molecule has 0 saturated heterocycles. The zero-order valence-corrected chi connectivity index (χ0v) is 17.4. The molecule has 146 valence electrons. The Morgan fingerprint density at radius 1 is 1.25 bits per heavy atom. The van der Waals surface area contributed by atoms with Crippen molar-refractivity contribution in [3.05, 3.63) is 53.0 Å². The van der Waals surface area contributed by atoms with Crippen molar-refractivity contribution in [1.29, 1.82) is 0 Å². The molecule has 0 unspecified atom stereocenters. The van der Waals surface area contributed by atoms with E-state index in [0.29, 0.717) is 6.54 Å². The highest BCUT2D eigenvalue weighted by Crippen LogP contribution is 2.31. The number of sulfonamides is 1. The molecule has 1 aromatic heterocycles. The van der Waals surface area contributed by atoms with Crippen LogP contribution in [0.1, 0.15) is 23.9 Å². The SMILES string of the molecule is CC(=O)N1CCCc2cc(S(=O)(=O)N(C)Cc3nc4ccccc4s3)ccc21. The number of benzene rings is 2. The minimum absolute atomic E-state index is 0.0236. The van der Waals surface area contributed by atoms with E-state index in [9.17, 15) is 13.2 Å². The summed E-state index contributed by atoms with van der Waals surface area (Å²) in [4.78, 5) is 18.3. The molecule has 1 amide bonds. The Kier molecular flexibility index (Phi) is 4.95. The van der Waals surface area contributed by atoms with Crippen LogP contribution in [0.25, 0.3) is 10.2 Å². The number of para-hydroxylation sites is 1. The van der Waals surface area contributed by atoms with Crippen molar-refractivity contribution in [3.63, 3.8) is 0 Å². The molecule has 2 aromatic carbocycles. The molecule has 0 fully saturated rings. The van der Waals surface area contributed by atoms with Crippen LogP contribution in [0, 0.1) is 0 Å². The van der Waals surface area contributed by atoms with E-state index in [0.717, 1.165) is 39.3 Å². The lowest BCUT2D eigenvalue weighted by Gasteiger charge is -2.29. The smallest absolute Gasteiger partial charge is 0.243 e. The van der Waals surface area contributed by atoms with Crippen LogP contribution in [-0.4, -0.2) is 37.2 Å². The van der Waals surface area contributed by atoms with Crippen LogP contribution >= 0.6 is 11.3 Å². The van der Waals surface area contributed by atoms with E-state index in [2.05, 4.69) is 4.98 Å². The monoisotopic (exact) mass is 415 g/mol. The van der Waals surface area contributed by atoms with Gasteiger partial charge in [0.25, 0.3) is 0 Å². The summed E-state index contributed by atoms with van der Waals surface area (Å²) in [6.45, 7) is 2.43. The van der Waals surface area contributed by atoms with Crippen molar-refractivity contribution in [1.82, 2.24) is 9.29 Å². The number of thiazole rings is 1. The second-order valence-corrected chi connectivity index (χ2v) is 10.1. The lowest BCUT2D eigenvalue weighted by Crippen LogP contribution is -2.34. The maximum atomic E-state index is 13.1. The largest absolute Gasteiger partial charge is 0.312 e. The topological polar surface area (TPSA) is 70.6 Å². The fourth-order valence-electron chi connectivity index (χ4n) is 3.50. The second-order valence-electron chi connectivity index (χ2n) is 6.90. The Hall–Kier alpha value is -2.29. The lowest BCUT2D eigenvalue weighted by atomic mass is 10.0. The average Bonchev–Trinajstić information content (AvgIpc) is 3.09. The molecule has 1 aliphatic rings. The first-order valence-electron chi connectivity index (χ1n) is 9.08. The van der Waals surface area contributed by atoms with Gasteiger partial charge in [0, 0.05) is 26.2 Å². The normalized spacial score (nSPS) is 14.5. The summed E-state index contributed by atoms with van der Waals surface area (Å²) in [7, 11) is -2.08. The van der Waals surface area contributed by atoms with Crippen LogP contribution in [0.5, 0.6) is 0 Å². The molecule has 6 nitrogen and oxygen atoms in total. The molecule has 0 saturated carbocycles. The number of aryl methyl sites for hydroxylation is 1. The molecule has 0 bridgehead atoms. The Balaban J connectivity index is 1.61. The fourth-order valence-corrected chi connectivity index (χ4v) is 5.79. The van der Waals surface area contributed by atoms with E-state index in [1.807, 2.05) is 24.3 Å². The Morgan fingerprint density at radius 2 is 2.04 bits per heavy atom. The molecule has 0 atom stereocenters. The highest BCUT2D eigenvalue weighted by atomic mass is 32.2. The summed E-state index contributed by atoms with van der Waals surface area (Å²) < 4.78 is 28.5. The van der Waals surface area contributed by atoms with Gasteiger partial charge in [-0.2, -0.15) is 4.31 Å². The number of amides is 1. The number of carbonyl (C=O) groups excluding carboxylic acids is 1. The van der Waals surface area contributed by atoms with Crippen LogP contribution < -0.4 is 4.90 Å². The number of rotatable bonds is 4. The minimum atomic E-state index is -3.65. The van der Waals surface area contributed by atoms with Crippen molar-refractivity contribution in [2.45, 2.75) is 31.2 Å². The Bertz CT molecular complexity index is 1120. The van der Waals surface area contributed by atoms with Gasteiger partial charge in [-0.1, -0.05) is 12.1 Å². The quantitative estimate of drug-likeness (QED) is 0.655. The predicted molar refractivity (Wildman–Crippen MR) is 111 cm³/mol. The van der Waals surface area contributed by atoms with Gasteiger partial charge in [0.2, 0.25) is 15.9 Å². The van der Waals surface area contributed by atoms with Crippen molar-refractivity contribution in [2.75, 3.05) is 18.5 Å². The van der Waals surface area contributed by atoms with E-state index >= 15 is 0 Å². The van der Waals surface area contributed by atoms with Gasteiger partial charge < -0.3 is 4.90 Å². The first-order chi connectivity index (χ1) is 13.4. The number of fused-ring (bicyclic) bond motifs is 2. The molecule has 4 rings (SSSR count). The van der Waals surface area contributed by atoms with Gasteiger partial charge in [0.1, 0.15) is 5.01 Å². The third-order valence-corrected chi connectivity index (χ3v) is 7.77. The van der Waals surface area contributed by atoms with Gasteiger partial charge in [-0.05, 0) is 48.7 Å². The molecule has 2 heterocycles. The third-order valence-electron chi connectivity index (χ3n) is 4.95. The standard InChI is InChI=1S/C20H21N3O3S2/c1-14(24)23-11-5-6-15-12-16(9-10-18(15)23)28(25,26)22(2)13-20-21-17-7-3-4-8-19(17)27-20/h3-4,7-10,12H,5-6,11,13H2,1-2H3.